The first-order valence-electron chi connectivity index (χ1n) is 7.57. The highest BCUT2D eigenvalue weighted by Gasteiger charge is 2.24. The molecule has 2 heterocycles. The van der Waals surface area contributed by atoms with Gasteiger partial charge < -0.3 is 19.5 Å². The van der Waals surface area contributed by atoms with Crippen molar-refractivity contribution in [2.45, 2.75) is 25.8 Å². The Labute approximate surface area is 120 Å². The monoisotopic (exact) mass is 277 g/mol. The zero-order valence-electron chi connectivity index (χ0n) is 12.1. The van der Waals surface area contributed by atoms with Crippen LogP contribution in [0.2, 0.25) is 0 Å². The third-order valence-corrected chi connectivity index (χ3v) is 3.92. The van der Waals surface area contributed by atoms with Gasteiger partial charge in [-0.15, -0.1) is 0 Å². The van der Waals surface area contributed by atoms with Crippen molar-refractivity contribution in [1.29, 1.82) is 0 Å². The lowest BCUT2D eigenvalue weighted by atomic mass is 10.1. The summed E-state index contributed by atoms with van der Waals surface area (Å²) >= 11 is 0. The van der Waals surface area contributed by atoms with Crippen molar-refractivity contribution in [3.8, 4) is 11.5 Å². The Bertz CT molecular complexity index is 443. The smallest absolute Gasteiger partial charge is 0.127 e. The molecule has 110 valence electrons. The fourth-order valence-electron chi connectivity index (χ4n) is 2.70. The van der Waals surface area contributed by atoms with Crippen molar-refractivity contribution >= 4 is 0 Å². The van der Waals surface area contributed by atoms with Gasteiger partial charge in [-0.2, -0.15) is 0 Å². The summed E-state index contributed by atoms with van der Waals surface area (Å²) in [5, 5.41) is 3.50. The van der Waals surface area contributed by atoms with Crippen LogP contribution in [-0.4, -0.2) is 33.0 Å². The van der Waals surface area contributed by atoms with E-state index in [9.17, 15) is 0 Å². The molecule has 4 heteroatoms. The molecule has 1 N–H and O–H groups in total. The summed E-state index contributed by atoms with van der Waals surface area (Å²) in [5.41, 5.74) is 1.25. The maximum atomic E-state index is 5.85. The molecule has 2 aliphatic heterocycles. The van der Waals surface area contributed by atoms with E-state index < -0.39 is 0 Å². The molecule has 4 nitrogen and oxygen atoms in total. The molecule has 2 aliphatic rings. The molecule has 1 aromatic rings. The zero-order valence-corrected chi connectivity index (χ0v) is 12.1. The highest BCUT2D eigenvalue weighted by Crippen LogP contribution is 2.35. The van der Waals surface area contributed by atoms with Crippen LogP contribution < -0.4 is 14.8 Å². The van der Waals surface area contributed by atoms with Gasteiger partial charge in [0, 0.05) is 24.2 Å². The van der Waals surface area contributed by atoms with E-state index in [1.165, 1.54) is 5.56 Å². The number of benzene rings is 1. The topological polar surface area (TPSA) is 39.7 Å². The largest absolute Gasteiger partial charge is 0.493 e. The van der Waals surface area contributed by atoms with Gasteiger partial charge in [0.25, 0.3) is 0 Å². The van der Waals surface area contributed by atoms with E-state index >= 15 is 0 Å². The van der Waals surface area contributed by atoms with Gasteiger partial charge in [-0.25, -0.2) is 0 Å². The lowest BCUT2D eigenvalue weighted by Crippen LogP contribution is -2.22. The molecule has 0 aliphatic carbocycles. The van der Waals surface area contributed by atoms with Crippen molar-refractivity contribution in [1.82, 2.24) is 5.32 Å². The second-order valence-corrected chi connectivity index (χ2v) is 5.56. The summed E-state index contributed by atoms with van der Waals surface area (Å²) < 4.78 is 17.0. The SMILES string of the molecule is CCCNC1COc2cc(OCC3CCOC3)ccc21. The second kappa shape index (κ2) is 6.46. The molecule has 0 bridgehead atoms. The average Bonchev–Trinajstić information content (AvgIpc) is 3.12. The molecule has 1 aromatic carbocycles. The number of rotatable bonds is 6. The molecule has 2 unspecified atom stereocenters. The van der Waals surface area contributed by atoms with Crippen molar-refractivity contribution in [3.63, 3.8) is 0 Å². The van der Waals surface area contributed by atoms with Crippen LogP contribution in [0.1, 0.15) is 31.4 Å². The summed E-state index contributed by atoms with van der Waals surface area (Å²) in [5.74, 6) is 2.38. The van der Waals surface area contributed by atoms with E-state index in [1.807, 2.05) is 12.1 Å². The molecule has 0 radical (unpaired) electrons. The van der Waals surface area contributed by atoms with E-state index in [0.717, 1.165) is 57.3 Å². The number of ether oxygens (including phenoxy) is 3. The fourth-order valence-corrected chi connectivity index (χ4v) is 2.70. The molecule has 3 rings (SSSR count). The van der Waals surface area contributed by atoms with Gasteiger partial charge in [-0.3, -0.25) is 0 Å². The van der Waals surface area contributed by atoms with E-state index in [4.69, 9.17) is 14.2 Å². The lowest BCUT2D eigenvalue weighted by molar-refractivity contribution is 0.167. The van der Waals surface area contributed by atoms with Crippen molar-refractivity contribution in [2.75, 3.05) is 33.0 Å². The minimum absolute atomic E-state index is 0.322. The third kappa shape index (κ3) is 3.07. The molecule has 20 heavy (non-hydrogen) atoms. The third-order valence-electron chi connectivity index (χ3n) is 3.92. The van der Waals surface area contributed by atoms with Crippen molar-refractivity contribution in [3.05, 3.63) is 23.8 Å². The maximum Gasteiger partial charge on any atom is 0.127 e. The van der Waals surface area contributed by atoms with Gasteiger partial charge >= 0.3 is 0 Å². The Hall–Kier alpha value is -1.26. The minimum Gasteiger partial charge on any atom is -0.493 e. The van der Waals surface area contributed by atoms with Crippen LogP contribution in [0, 0.1) is 5.92 Å². The fraction of sp³-hybridized carbons (Fsp3) is 0.625. The van der Waals surface area contributed by atoms with Gasteiger partial charge in [0.1, 0.15) is 18.1 Å². The van der Waals surface area contributed by atoms with Gasteiger partial charge in [0.05, 0.1) is 19.3 Å². The van der Waals surface area contributed by atoms with Crippen LogP contribution in [0.15, 0.2) is 18.2 Å². The first-order chi connectivity index (χ1) is 9.86. The molecule has 1 fully saturated rings. The lowest BCUT2D eigenvalue weighted by Gasteiger charge is -2.12. The molecule has 0 amide bonds. The summed E-state index contributed by atoms with van der Waals surface area (Å²) in [6, 6.07) is 6.50. The van der Waals surface area contributed by atoms with E-state index in [0.29, 0.717) is 12.0 Å². The standard InChI is InChI=1S/C16H23NO3/c1-2-6-17-15-11-20-16-8-13(3-4-14(15)16)19-10-12-5-7-18-9-12/h3-4,8,12,15,17H,2,5-7,9-11H2,1H3. The number of hydrogen-bond acceptors (Lipinski definition) is 4. The first kappa shape index (κ1) is 13.7. The predicted octanol–water partition coefficient (Wildman–Crippen LogP) is 2.54. The Morgan fingerprint density at radius 2 is 2.30 bits per heavy atom. The molecular weight excluding hydrogens is 254 g/mol. The second-order valence-electron chi connectivity index (χ2n) is 5.56. The van der Waals surface area contributed by atoms with E-state index in [1.54, 1.807) is 0 Å². The van der Waals surface area contributed by atoms with Crippen molar-refractivity contribution < 1.29 is 14.2 Å². The minimum atomic E-state index is 0.322. The first-order valence-corrected chi connectivity index (χ1v) is 7.57. The molecule has 0 aromatic heterocycles. The number of hydrogen-bond donors (Lipinski definition) is 1. The van der Waals surface area contributed by atoms with Crippen LogP contribution in [0.3, 0.4) is 0 Å². The molecule has 2 atom stereocenters. The van der Waals surface area contributed by atoms with Gasteiger partial charge in [0.15, 0.2) is 0 Å². The zero-order chi connectivity index (χ0) is 13.8. The van der Waals surface area contributed by atoms with Crippen LogP contribution in [0.4, 0.5) is 0 Å². The highest BCUT2D eigenvalue weighted by molar-refractivity contribution is 5.45. The van der Waals surface area contributed by atoms with Crippen LogP contribution in [-0.2, 0) is 4.74 Å². The highest BCUT2D eigenvalue weighted by atomic mass is 16.5. The van der Waals surface area contributed by atoms with Crippen LogP contribution in [0.25, 0.3) is 0 Å². The van der Waals surface area contributed by atoms with Gasteiger partial charge in [0.2, 0.25) is 0 Å². The van der Waals surface area contributed by atoms with Crippen LogP contribution >= 0.6 is 0 Å². The average molecular weight is 277 g/mol. The molecule has 0 saturated carbocycles. The Balaban J connectivity index is 1.58. The summed E-state index contributed by atoms with van der Waals surface area (Å²) in [7, 11) is 0. The number of fused-ring (bicyclic) bond motifs is 1. The maximum absolute atomic E-state index is 5.85. The molecule has 0 spiro atoms. The van der Waals surface area contributed by atoms with Gasteiger partial charge in [-0.1, -0.05) is 6.92 Å². The van der Waals surface area contributed by atoms with E-state index in [-0.39, 0.29) is 0 Å². The molecule has 1 saturated heterocycles. The Morgan fingerprint density at radius 1 is 1.35 bits per heavy atom. The quantitative estimate of drug-likeness (QED) is 0.867. The summed E-state index contributed by atoms with van der Waals surface area (Å²) in [6.45, 7) is 6.34. The van der Waals surface area contributed by atoms with E-state index in [2.05, 4.69) is 18.3 Å². The Kier molecular flexibility index (Phi) is 4.43. The predicted molar refractivity (Wildman–Crippen MR) is 77.4 cm³/mol. The Morgan fingerprint density at radius 3 is 3.10 bits per heavy atom. The number of nitrogens with one attached hydrogen (secondary N) is 1. The molecular formula is C16H23NO3. The summed E-state index contributed by atoms with van der Waals surface area (Å²) in [4.78, 5) is 0. The van der Waals surface area contributed by atoms with Gasteiger partial charge in [-0.05, 0) is 31.5 Å². The summed E-state index contributed by atoms with van der Waals surface area (Å²) in [6.07, 6.45) is 2.24. The normalized spacial score (nSPS) is 24.4. The van der Waals surface area contributed by atoms with Crippen molar-refractivity contribution in [2.24, 2.45) is 5.92 Å². The van der Waals surface area contributed by atoms with Crippen LogP contribution in [0.5, 0.6) is 11.5 Å².